The van der Waals surface area contributed by atoms with Gasteiger partial charge in [-0.3, -0.25) is 0 Å². The molecule has 0 atom stereocenters. The van der Waals surface area contributed by atoms with E-state index in [9.17, 15) is 0 Å². The van der Waals surface area contributed by atoms with Crippen LogP contribution in [-0.2, 0) is 0 Å². The number of piperidine rings is 1. The van der Waals surface area contributed by atoms with Gasteiger partial charge in [-0.2, -0.15) is 0 Å². The van der Waals surface area contributed by atoms with Gasteiger partial charge in [0.2, 0.25) is 5.89 Å². The monoisotopic (exact) mass is 357 g/mol. The fraction of sp³-hybridized carbons (Fsp3) is 0.700. The minimum absolute atomic E-state index is 0.319. The van der Waals surface area contributed by atoms with Crippen LogP contribution in [0.5, 0.6) is 0 Å². The Labute approximate surface area is 156 Å². The molecule has 0 bridgehead atoms. The predicted molar refractivity (Wildman–Crippen MR) is 102 cm³/mol. The van der Waals surface area contributed by atoms with E-state index in [-0.39, 0.29) is 0 Å². The zero-order valence-electron chi connectivity index (χ0n) is 16.7. The van der Waals surface area contributed by atoms with E-state index in [1.807, 2.05) is 13.8 Å². The van der Waals surface area contributed by atoms with Crippen LogP contribution in [0.4, 0.5) is 0 Å². The second-order valence-corrected chi connectivity index (χ2v) is 7.28. The molecule has 1 aliphatic rings. The third kappa shape index (κ3) is 3.80. The average Bonchev–Trinajstić information content (AvgIpc) is 3.11. The summed E-state index contributed by atoms with van der Waals surface area (Å²) in [4.78, 5) is 11.9. The second-order valence-electron chi connectivity index (χ2n) is 7.28. The molecule has 1 aliphatic heterocycles. The van der Waals surface area contributed by atoms with Crippen molar-refractivity contribution in [2.45, 2.75) is 72.1 Å². The van der Waals surface area contributed by atoms with E-state index in [1.54, 1.807) is 0 Å². The summed E-state index contributed by atoms with van der Waals surface area (Å²) in [6.45, 7) is 13.9. The summed E-state index contributed by atoms with van der Waals surface area (Å²) in [6.07, 6.45) is 4.24. The molecule has 1 fully saturated rings. The van der Waals surface area contributed by atoms with Crippen LogP contribution in [-0.4, -0.2) is 44.7 Å². The predicted octanol–water partition coefficient (Wildman–Crippen LogP) is 4.25. The number of aryl methyl sites for hydroxylation is 2. The van der Waals surface area contributed by atoms with Gasteiger partial charge in [0.25, 0.3) is 5.89 Å². The minimum atomic E-state index is 0.319. The van der Waals surface area contributed by atoms with Crippen LogP contribution in [0, 0.1) is 13.8 Å². The minimum Gasteiger partial charge on any atom is -0.420 e. The van der Waals surface area contributed by atoms with Crippen LogP contribution < -0.4 is 0 Å². The van der Waals surface area contributed by atoms with Crippen molar-refractivity contribution in [1.82, 2.24) is 25.1 Å². The Bertz CT molecular complexity index is 730. The largest absolute Gasteiger partial charge is 0.420 e. The lowest BCUT2D eigenvalue weighted by Crippen LogP contribution is -2.33. The maximum absolute atomic E-state index is 6.10. The Morgan fingerprint density at radius 3 is 2.35 bits per heavy atom. The Morgan fingerprint density at radius 2 is 1.73 bits per heavy atom. The Morgan fingerprint density at radius 1 is 1.04 bits per heavy atom. The lowest BCUT2D eigenvalue weighted by Gasteiger charge is -2.31. The van der Waals surface area contributed by atoms with Gasteiger partial charge < -0.3 is 9.32 Å². The molecule has 26 heavy (non-hydrogen) atoms. The summed E-state index contributed by atoms with van der Waals surface area (Å²) in [5.74, 6) is 2.88. The first-order valence-corrected chi connectivity index (χ1v) is 9.98. The quantitative estimate of drug-likeness (QED) is 0.770. The molecule has 6 heteroatoms. The maximum Gasteiger partial charge on any atom is 0.251 e. The van der Waals surface area contributed by atoms with Crippen LogP contribution in [0.3, 0.4) is 0 Å². The third-order valence-electron chi connectivity index (χ3n) is 5.64. The van der Waals surface area contributed by atoms with Crippen LogP contribution in [0.1, 0.15) is 81.4 Å². The summed E-state index contributed by atoms with van der Waals surface area (Å²) in [5, 5.41) is 8.70. The fourth-order valence-corrected chi connectivity index (χ4v) is 3.96. The highest BCUT2D eigenvalue weighted by atomic mass is 16.4. The topological polar surface area (TPSA) is 67.9 Å². The van der Waals surface area contributed by atoms with Crippen molar-refractivity contribution in [3.05, 3.63) is 23.1 Å². The molecule has 0 N–H and O–H groups in total. The SMILES string of the molecule is CCC(CC)c1nnc(-c2c(C)nc(C)nc2C2CCN(CC)CC2)o1. The molecule has 142 valence electrons. The van der Waals surface area contributed by atoms with Gasteiger partial charge in [-0.05, 0) is 59.2 Å². The molecule has 1 saturated heterocycles. The van der Waals surface area contributed by atoms with Crippen LogP contribution >= 0.6 is 0 Å². The van der Waals surface area contributed by atoms with E-state index in [1.165, 1.54) is 0 Å². The van der Waals surface area contributed by atoms with Crippen molar-refractivity contribution in [3.63, 3.8) is 0 Å². The Hall–Kier alpha value is -1.82. The summed E-state index contributed by atoms with van der Waals surface area (Å²) in [5.41, 5.74) is 2.98. The highest BCUT2D eigenvalue weighted by Crippen LogP contribution is 2.36. The van der Waals surface area contributed by atoms with Crippen molar-refractivity contribution >= 4 is 0 Å². The van der Waals surface area contributed by atoms with Crippen LogP contribution in [0.15, 0.2) is 4.42 Å². The Kier molecular flexibility index (Phi) is 6.01. The van der Waals surface area contributed by atoms with E-state index in [0.29, 0.717) is 17.7 Å². The van der Waals surface area contributed by atoms with E-state index in [0.717, 1.165) is 74.0 Å². The van der Waals surface area contributed by atoms with E-state index >= 15 is 0 Å². The number of aromatic nitrogens is 4. The van der Waals surface area contributed by atoms with Gasteiger partial charge in [-0.15, -0.1) is 10.2 Å². The molecule has 0 aromatic carbocycles. The van der Waals surface area contributed by atoms with E-state index in [4.69, 9.17) is 9.40 Å². The number of rotatable bonds is 6. The van der Waals surface area contributed by atoms with E-state index < -0.39 is 0 Å². The molecule has 3 heterocycles. The van der Waals surface area contributed by atoms with Crippen molar-refractivity contribution in [2.75, 3.05) is 19.6 Å². The highest BCUT2D eigenvalue weighted by Gasteiger charge is 2.28. The zero-order valence-corrected chi connectivity index (χ0v) is 16.7. The van der Waals surface area contributed by atoms with Crippen molar-refractivity contribution < 1.29 is 4.42 Å². The summed E-state index contributed by atoms with van der Waals surface area (Å²) < 4.78 is 6.10. The average molecular weight is 358 g/mol. The molecule has 2 aromatic rings. The normalized spacial score (nSPS) is 16.5. The van der Waals surface area contributed by atoms with Gasteiger partial charge in [-0.1, -0.05) is 20.8 Å². The molecule has 6 nitrogen and oxygen atoms in total. The lowest BCUT2D eigenvalue weighted by atomic mass is 9.90. The summed E-state index contributed by atoms with van der Waals surface area (Å²) in [7, 11) is 0. The van der Waals surface area contributed by atoms with Crippen LogP contribution in [0.2, 0.25) is 0 Å². The van der Waals surface area contributed by atoms with E-state index in [2.05, 4.69) is 40.9 Å². The highest BCUT2D eigenvalue weighted by molar-refractivity contribution is 5.60. The number of nitrogens with zero attached hydrogens (tertiary/aromatic N) is 5. The number of hydrogen-bond donors (Lipinski definition) is 0. The molecule has 0 amide bonds. The molecular weight excluding hydrogens is 326 g/mol. The zero-order chi connectivity index (χ0) is 18.7. The standard InChI is InChI=1S/C20H31N5O/c1-6-15(7-2)19-23-24-20(26-19)17-13(4)21-14(5)22-18(17)16-9-11-25(8-3)12-10-16/h15-16H,6-12H2,1-5H3. The second kappa shape index (κ2) is 8.25. The Balaban J connectivity index is 1.97. The van der Waals surface area contributed by atoms with Crippen LogP contribution in [0.25, 0.3) is 11.5 Å². The molecule has 0 unspecified atom stereocenters. The maximum atomic E-state index is 6.10. The molecule has 0 saturated carbocycles. The summed E-state index contributed by atoms with van der Waals surface area (Å²) in [6, 6.07) is 0. The fourth-order valence-electron chi connectivity index (χ4n) is 3.96. The number of hydrogen-bond acceptors (Lipinski definition) is 6. The van der Waals surface area contributed by atoms with Gasteiger partial charge in [-0.25, -0.2) is 9.97 Å². The third-order valence-corrected chi connectivity index (χ3v) is 5.64. The molecule has 0 aliphatic carbocycles. The van der Waals surface area contributed by atoms with Crippen molar-refractivity contribution in [1.29, 1.82) is 0 Å². The summed E-state index contributed by atoms with van der Waals surface area (Å²) >= 11 is 0. The van der Waals surface area contributed by atoms with Gasteiger partial charge in [0.1, 0.15) is 5.82 Å². The van der Waals surface area contributed by atoms with Gasteiger partial charge in [0, 0.05) is 11.8 Å². The van der Waals surface area contributed by atoms with Crippen molar-refractivity contribution in [3.8, 4) is 11.5 Å². The lowest BCUT2D eigenvalue weighted by molar-refractivity contribution is 0.221. The molecule has 0 radical (unpaired) electrons. The molecule has 0 spiro atoms. The van der Waals surface area contributed by atoms with Gasteiger partial charge in [0.15, 0.2) is 0 Å². The first-order chi connectivity index (χ1) is 12.6. The van der Waals surface area contributed by atoms with Gasteiger partial charge in [0.05, 0.1) is 17.0 Å². The smallest absolute Gasteiger partial charge is 0.251 e. The van der Waals surface area contributed by atoms with Gasteiger partial charge >= 0.3 is 0 Å². The first kappa shape index (κ1) is 19.0. The molecular formula is C20H31N5O. The first-order valence-electron chi connectivity index (χ1n) is 9.98. The van der Waals surface area contributed by atoms with Crippen molar-refractivity contribution in [2.24, 2.45) is 0 Å². The number of likely N-dealkylation sites (tertiary alicyclic amines) is 1. The molecule has 2 aromatic heterocycles. The molecule has 3 rings (SSSR count).